The van der Waals surface area contributed by atoms with Crippen molar-refractivity contribution in [1.29, 1.82) is 0 Å². The van der Waals surface area contributed by atoms with E-state index in [0.29, 0.717) is 0 Å². The Balaban J connectivity index is 2.60. The smallest absolute Gasteiger partial charge is 0.0366 e. The topological polar surface area (TPSA) is 15.3 Å². The maximum absolute atomic E-state index is 3.14. The Hall–Kier alpha value is -1.02. The average molecular weight is 178 g/mol. The highest BCUT2D eigenvalue weighted by Gasteiger charge is 1.98. The summed E-state index contributed by atoms with van der Waals surface area (Å²) in [6.45, 7) is 4.18. The molecule has 0 saturated heterocycles. The summed E-state index contributed by atoms with van der Waals surface area (Å²) < 4.78 is 0. The van der Waals surface area contributed by atoms with E-state index in [0.717, 1.165) is 13.1 Å². The molecule has 0 radical (unpaired) electrons. The number of rotatable bonds is 4. The van der Waals surface area contributed by atoms with Crippen molar-refractivity contribution in [3.8, 4) is 0 Å². The van der Waals surface area contributed by atoms with E-state index in [2.05, 4.69) is 48.5 Å². The van der Waals surface area contributed by atoms with Crippen LogP contribution < -0.4 is 10.2 Å². The zero-order valence-electron chi connectivity index (χ0n) is 8.67. The van der Waals surface area contributed by atoms with Crippen molar-refractivity contribution in [2.75, 3.05) is 32.1 Å². The molecule has 0 amide bonds. The molecule has 0 aliphatic rings. The van der Waals surface area contributed by atoms with E-state index in [1.807, 2.05) is 7.05 Å². The minimum atomic E-state index is 1.02. The number of nitrogens with one attached hydrogen (secondary N) is 1. The van der Waals surface area contributed by atoms with Crippen molar-refractivity contribution in [2.24, 2.45) is 0 Å². The van der Waals surface area contributed by atoms with Crippen LogP contribution in [0.4, 0.5) is 5.69 Å². The lowest BCUT2D eigenvalue weighted by Gasteiger charge is -2.19. The second-order valence-corrected chi connectivity index (χ2v) is 3.36. The zero-order chi connectivity index (χ0) is 9.68. The number of nitrogens with zero attached hydrogens (tertiary/aromatic N) is 1. The lowest BCUT2D eigenvalue weighted by Crippen LogP contribution is -2.26. The van der Waals surface area contributed by atoms with Crippen LogP contribution in [-0.2, 0) is 0 Å². The molecule has 13 heavy (non-hydrogen) atoms. The molecular formula is C11H18N2. The lowest BCUT2D eigenvalue weighted by atomic mass is 10.2. The van der Waals surface area contributed by atoms with E-state index in [1.54, 1.807) is 0 Å². The molecule has 2 heteroatoms. The second kappa shape index (κ2) is 4.87. The van der Waals surface area contributed by atoms with Crippen LogP contribution in [0.3, 0.4) is 0 Å². The molecule has 1 N–H and O–H groups in total. The second-order valence-electron chi connectivity index (χ2n) is 3.36. The number of likely N-dealkylation sites (N-methyl/N-ethyl adjacent to an activating group) is 2. The minimum absolute atomic E-state index is 1.02. The summed E-state index contributed by atoms with van der Waals surface area (Å²) in [5.41, 5.74) is 2.60. The maximum atomic E-state index is 3.14. The van der Waals surface area contributed by atoms with Crippen molar-refractivity contribution in [3.05, 3.63) is 29.8 Å². The van der Waals surface area contributed by atoms with Crippen LogP contribution >= 0.6 is 0 Å². The standard InChI is InChI=1S/C11H18N2/c1-10-5-4-6-11(9-10)13(3)8-7-12-2/h4-6,9,12H,7-8H2,1-3H3. The molecule has 0 saturated carbocycles. The summed E-state index contributed by atoms with van der Waals surface area (Å²) in [5.74, 6) is 0. The Bertz CT molecular complexity index is 258. The van der Waals surface area contributed by atoms with Crippen molar-refractivity contribution in [1.82, 2.24) is 5.32 Å². The zero-order valence-corrected chi connectivity index (χ0v) is 8.67. The van der Waals surface area contributed by atoms with Gasteiger partial charge >= 0.3 is 0 Å². The molecule has 0 aromatic heterocycles. The molecule has 0 spiro atoms. The average Bonchev–Trinajstić information content (AvgIpc) is 2.14. The normalized spacial score (nSPS) is 10.1. The Labute approximate surface area is 80.6 Å². The predicted molar refractivity (Wildman–Crippen MR) is 58.4 cm³/mol. The monoisotopic (exact) mass is 178 g/mol. The molecular weight excluding hydrogens is 160 g/mol. The van der Waals surface area contributed by atoms with Gasteiger partial charge in [-0.05, 0) is 31.7 Å². The summed E-state index contributed by atoms with van der Waals surface area (Å²) in [5, 5.41) is 3.14. The quantitative estimate of drug-likeness (QED) is 0.754. The Kier molecular flexibility index (Phi) is 3.77. The van der Waals surface area contributed by atoms with Crippen LogP contribution in [0.25, 0.3) is 0 Å². The summed E-state index contributed by atoms with van der Waals surface area (Å²) in [6.07, 6.45) is 0. The van der Waals surface area contributed by atoms with E-state index in [1.165, 1.54) is 11.3 Å². The fraction of sp³-hybridized carbons (Fsp3) is 0.455. The highest BCUT2D eigenvalue weighted by atomic mass is 15.1. The molecule has 0 heterocycles. The Morgan fingerprint density at radius 1 is 1.38 bits per heavy atom. The van der Waals surface area contributed by atoms with Gasteiger partial charge in [0.05, 0.1) is 0 Å². The highest BCUT2D eigenvalue weighted by Crippen LogP contribution is 2.13. The fourth-order valence-corrected chi connectivity index (χ4v) is 1.27. The lowest BCUT2D eigenvalue weighted by molar-refractivity contribution is 0.767. The summed E-state index contributed by atoms with van der Waals surface area (Å²) in [6, 6.07) is 8.56. The SMILES string of the molecule is CNCCN(C)c1cccc(C)c1. The molecule has 0 unspecified atom stereocenters. The van der Waals surface area contributed by atoms with Gasteiger partial charge in [-0.2, -0.15) is 0 Å². The van der Waals surface area contributed by atoms with Gasteiger partial charge in [0.15, 0.2) is 0 Å². The molecule has 0 aliphatic heterocycles. The highest BCUT2D eigenvalue weighted by molar-refractivity contribution is 5.47. The van der Waals surface area contributed by atoms with E-state index in [-0.39, 0.29) is 0 Å². The number of hydrogen-bond acceptors (Lipinski definition) is 2. The first-order valence-electron chi connectivity index (χ1n) is 4.66. The van der Waals surface area contributed by atoms with Crippen LogP contribution in [0.2, 0.25) is 0 Å². The van der Waals surface area contributed by atoms with Gasteiger partial charge in [-0.25, -0.2) is 0 Å². The minimum Gasteiger partial charge on any atom is -0.373 e. The van der Waals surface area contributed by atoms with Crippen molar-refractivity contribution in [2.45, 2.75) is 6.92 Å². The van der Waals surface area contributed by atoms with Crippen LogP contribution in [-0.4, -0.2) is 27.2 Å². The fourth-order valence-electron chi connectivity index (χ4n) is 1.27. The van der Waals surface area contributed by atoms with Crippen molar-refractivity contribution < 1.29 is 0 Å². The maximum Gasteiger partial charge on any atom is 0.0366 e. The molecule has 0 atom stereocenters. The third-order valence-corrected chi connectivity index (χ3v) is 2.14. The van der Waals surface area contributed by atoms with Crippen LogP contribution in [0.5, 0.6) is 0 Å². The Morgan fingerprint density at radius 2 is 2.15 bits per heavy atom. The summed E-state index contributed by atoms with van der Waals surface area (Å²) in [7, 11) is 4.09. The van der Waals surface area contributed by atoms with Gasteiger partial charge in [-0.15, -0.1) is 0 Å². The van der Waals surface area contributed by atoms with E-state index in [9.17, 15) is 0 Å². The molecule has 0 bridgehead atoms. The first kappa shape index (κ1) is 10.1. The number of benzene rings is 1. The number of anilines is 1. The summed E-state index contributed by atoms with van der Waals surface area (Å²) in [4.78, 5) is 2.25. The van der Waals surface area contributed by atoms with Crippen LogP contribution in [0, 0.1) is 6.92 Å². The van der Waals surface area contributed by atoms with Gasteiger partial charge < -0.3 is 10.2 Å². The predicted octanol–water partition coefficient (Wildman–Crippen LogP) is 1.65. The molecule has 1 aromatic rings. The van der Waals surface area contributed by atoms with Gasteiger partial charge in [0.25, 0.3) is 0 Å². The van der Waals surface area contributed by atoms with Crippen molar-refractivity contribution >= 4 is 5.69 Å². The van der Waals surface area contributed by atoms with Crippen molar-refractivity contribution in [3.63, 3.8) is 0 Å². The molecule has 0 aliphatic carbocycles. The first-order valence-corrected chi connectivity index (χ1v) is 4.66. The molecule has 72 valence electrons. The van der Waals surface area contributed by atoms with Gasteiger partial charge in [0.2, 0.25) is 0 Å². The van der Waals surface area contributed by atoms with E-state index >= 15 is 0 Å². The largest absolute Gasteiger partial charge is 0.373 e. The third kappa shape index (κ3) is 3.07. The van der Waals surface area contributed by atoms with E-state index < -0.39 is 0 Å². The van der Waals surface area contributed by atoms with Crippen LogP contribution in [0.15, 0.2) is 24.3 Å². The van der Waals surface area contributed by atoms with Gasteiger partial charge in [0.1, 0.15) is 0 Å². The number of aryl methyl sites for hydroxylation is 1. The number of hydrogen-bond donors (Lipinski definition) is 1. The molecule has 0 fully saturated rings. The van der Waals surface area contributed by atoms with Crippen LogP contribution in [0.1, 0.15) is 5.56 Å². The molecule has 2 nitrogen and oxygen atoms in total. The Morgan fingerprint density at radius 3 is 2.77 bits per heavy atom. The third-order valence-electron chi connectivity index (χ3n) is 2.14. The molecule has 1 rings (SSSR count). The van der Waals surface area contributed by atoms with E-state index in [4.69, 9.17) is 0 Å². The van der Waals surface area contributed by atoms with Gasteiger partial charge in [-0.1, -0.05) is 12.1 Å². The summed E-state index contributed by atoms with van der Waals surface area (Å²) >= 11 is 0. The first-order chi connectivity index (χ1) is 6.24. The molecule has 1 aromatic carbocycles. The van der Waals surface area contributed by atoms with Gasteiger partial charge in [-0.3, -0.25) is 0 Å². The van der Waals surface area contributed by atoms with Gasteiger partial charge in [0, 0.05) is 25.8 Å².